The van der Waals surface area contributed by atoms with E-state index in [1.807, 2.05) is 31.3 Å². The Morgan fingerprint density at radius 1 is 1.00 bits per heavy atom. The van der Waals surface area contributed by atoms with Crippen molar-refractivity contribution in [1.29, 1.82) is 0 Å². The van der Waals surface area contributed by atoms with Gasteiger partial charge in [-0.15, -0.1) is 25.6 Å². The van der Waals surface area contributed by atoms with E-state index < -0.39 is 6.36 Å². The second kappa shape index (κ2) is 6.42. The van der Waals surface area contributed by atoms with Gasteiger partial charge in [0.1, 0.15) is 5.75 Å². The van der Waals surface area contributed by atoms with Gasteiger partial charge in [0.05, 0.1) is 0 Å². The van der Waals surface area contributed by atoms with Gasteiger partial charge >= 0.3 is 6.36 Å². The summed E-state index contributed by atoms with van der Waals surface area (Å²) in [6.07, 6.45) is -2.53. The molecule has 0 radical (unpaired) electrons. The number of hydrogen-bond acceptors (Lipinski definition) is 2. The fraction of sp³-hybridized carbons (Fsp3) is 0.294. The summed E-state index contributed by atoms with van der Waals surface area (Å²) in [5.41, 5.74) is 2.77. The molecule has 1 aliphatic carbocycles. The normalized spacial score (nSPS) is 15.7. The highest BCUT2D eigenvalue weighted by Gasteiger charge is 2.42. The quantitative estimate of drug-likeness (QED) is 0.854. The van der Waals surface area contributed by atoms with E-state index in [2.05, 4.69) is 10.1 Å². The Bertz CT molecular complexity index is 684. The predicted octanol–water partition coefficient (Wildman–Crippen LogP) is 4.88. The summed E-state index contributed by atoms with van der Waals surface area (Å²) in [5.74, 6) is -0.204. The Labute approximate surface area is 139 Å². The standard InChI is InChI=1S/C17H16F3NO.ClH/c1-21-16(8-9-16)14-6-2-4-12(10-14)13-5-3-7-15(11-13)22-17(18,19)20;/h2-7,10-11,21H,8-9H2,1H3;1H. The monoisotopic (exact) mass is 343 g/mol. The van der Waals surface area contributed by atoms with Gasteiger partial charge in [0, 0.05) is 5.54 Å². The van der Waals surface area contributed by atoms with Gasteiger partial charge in [-0.2, -0.15) is 0 Å². The Kier molecular flexibility index (Phi) is 4.92. The first-order chi connectivity index (χ1) is 10.4. The van der Waals surface area contributed by atoms with Gasteiger partial charge in [-0.05, 0) is 54.8 Å². The van der Waals surface area contributed by atoms with E-state index in [1.54, 1.807) is 12.1 Å². The summed E-state index contributed by atoms with van der Waals surface area (Å²) in [6.45, 7) is 0. The van der Waals surface area contributed by atoms with Crippen LogP contribution in [-0.4, -0.2) is 13.4 Å². The third-order valence-corrected chi connectivity index (χ3v) is 4.04. The second-order valence-electron chi connectivity index (χ2n) is 5.49. The van der Waals surface area contributed by atoms with Crippen molar-refractivity contribution >= 4 is 12.4 Å². The van der Waals surface area contributed by atoms with Crippen LogP contribution in [0.4, 0.5) is 13.2 Å². The van der Waals surface area contributed by atoms with Crippen LogP contribution in [0.5, 0.6) is 5.75 Å². The van der Waals surface area contributed by atoms with Crippen LogP contribution in [0.1, 0.15) is 18.4 Å². The zero-order valence-electron chi connectivity index (χ0n) is 12.5. The summed E-state index contributed by atoms with van der Waals surface area (Å²) in [7, 11) is 1.93. The Hall–Kier alpha value is -1.72. The van der Waals surface area contributed by atoms with Crippen molar-refractivity contribution in [3.05, 3.63) is 54.1 Å². The molecule has 2 aromatic carbocycles. The highest BCUT2D eigenvalue weighted by molar-refractivity contribution is 5.85. The van der Waals surface area contributed by atoms with E-state index in [0.29, 0.717) is 5.56 Å². The lowest BCUT2D eigenvalue weighted by Crippen LogP contribution is -2.24. The van der Waals surface area contributed by atoms with Crippen LogP contribution in [0.25, 0.3) is 11.1 Å². The molecule has 1 fully saturated rings. The molecule has 0 saturated heterocycles. The molecule has 0 atom stereocenters. The van der Waals surface area contributed by atoms with E-state index in [0.717, 1.165) is 24.0 Å². The third kappa shape index (κ3) is 3.98. The minimum atomic E-state index is -4.68. The summed E-state index contributed by atoms with van der Waals surface area (Å²) in [5, 5.41) is 3.32. The minimum Gasteiger partial charge on any atom is -0.406 e. The van der Waals surface area contributed by atoms with E-state index in [1.165, 1.54) is 12.1 Å². The van der Waals surface area contributed by atoms with Gasteiger partial charge in [-0.1, -0.05) is 30.3 Å². The maximum Gasteiger partial charge on any atom is 0.573 e. The van der Waals surface area contributed by atoms with Crippen molar-refractivity contribution in [2.75, 3.05) is 7.05 Å². The van der Waals surface area contributed by atoms with Gasteiger partial charge in [-0.3, -0.25) is 0 Å². The van der Waals surface area contributed by atoms with Crippen molar-refractivity contribution in [3.63, 3.8) is 0 Å². The molecular formula is C17H17ClF3NO. The van der Waals surface area contributed by atoms with Gasteiger partial charge in [-0.25, -0.2) is 0 Å². The topological polar surface area (TPSA) is 21.3 Å². The first-order valence-corrected chi connectivity index (χ1v) is 7.08. The molecule has 0 unspecified atom stereocenters. The van der Waals surface area contributed by atoms with Crippen LogP contribution in [0.2, 0.25) is 0 Å². The fourth-order valence-electron chi connectivity index (χ4n) is 2.68. The first-order valence-electron chi connectivity index (χ1n) is 7.08. The number of hydrogen-bond donors (Lipinski definition) is 1. The SMILES string of the molecule is CNC1(c2cccc(-c3cccc(OC(F)(F)F)c3)c2)CC1.Cl. The maximum atomic E-state index is 12.3. The molecule has 0 heterocycles. The maximum absolute atomic E-state index is 12.3. The van der Waals surface area contributed by atoms with E-state index in [9.17, 15) is 13.2 Å². The summed E-state index contributed by atoms with van der Waals surface area (Å²) in [6, 6.07) is 13.9. The molecule has 124 valence electrons. The first kappa shape index (κ1) is 17.6. The second-order valence-corrected chi connectivity index (χ2v) is 5.49. The van der Waals surface area contributed by atoms with Crippen LogP contribution in [0.3, 0.4) is 0 Å². The Morgan fingerprint density at radius 2 is 1.61 bits per heavy atom. The highest BCUT2D eigenvalue weighted by Crippen LogP contribution is 2.45. The average molecular weight is 344 g/mol. The van der Waals surface area contributed by atoms with Crippen LogP contribution >= 0.6 is 12.4 Å². The summed E-state index contributed by atoms with van der Waals surface area (Å²) < 4.78 is 40.9. The lowest BCUT2D eigenvalue weighted by Gasteiger charge is -2.16. The zero-order chi connectivity index (χ0) is 15.8. The largest absolute Gasteiger partial charge is 0.573 e. The van der Waals surface area contributed by atoms with Crippen LogP contribution in [0, 0.1) is 0 Å². The molecule has 0 aromatic heterocycles. The van der Waals surface area contributed by atoms with Crippen molar-refractivity contribution in [2.45, 2.75) is 24.7 Å². The molecule has 6 heteroatoms. The van der Waals surface area contributed by atoms with Crippen molar-refractivity contribution < 1.29 is 17.9 Å². The van der Waals surface area contributed by atoms with Gasteiger partial charge in [0.2, 0.25) is 0 Å². The zero-order valence-corrected chi connectivity index (χ0v) is 13.3. The molecular weight excluding hydrogens is 327 g/mol. The summed E-state index contributed by atoms with van der Waals surface area (Å²) in [4.78, 5) is 0. The molecule has 3 rings (SSSR count). The van der Waals surface area contributed by atoms with Gasteiger partial charge in [0.15, 0.2) is 0 Å². The number of ether oxygens (including phenoxy) is 1. The smallest absolute Gasteiger partial charge is 0.406 e. The molecule has 2 nitrogen and oxygen atoms in total. The molecule has 1 aliphatic rings. The van der Waals surface area contributed by atoms with Gasteiger partial charge < -0.3 is 10.1 Å². The minimum absolute atomic E-state index is 0. The lowest BCUT2D eigenvalue weighted by molar-refractivity contribution is -0.274. The average Bonchev–Trinajstić information content (AvgIpc) is 3.27. The number of benzene rings is 2. The Balaban J connectivity index is 0.00000192. The van der Waals surface area contributed by atoms with Crippen LogP contribution in [-0.2, 0) is 5.54 Å². The van der Waals surface area contributed by atoms with E-state index in [-0.39, 0.29) is 23.7 Å². The predicted molar refractivity (Wildman–Crippen MR) is 85.8 cm³/mol. The van der Waals surface area contributed by atoms with Gasteiger partial charge in [0.25, 0.3) is 0 Å². The van der Waals surface area contributed by atoms with Crippen LogP contribution in [0.15, 0.2) is 48.5 Å². The molecule has 23 heavy (non-hydrogen) atoms. The van der Waals surface area contributed by atoms with E-state index in [4.69, 9.17) is 0 Å². The number of alkyl halides is 3. The van der Waals surface area contributed by atoms with E-state index >= 15 is 0 Å². The molecule has 1 N–H and O–H groups in total. The van der Waals surface area contributed by atoms with Crippen LogP contribution < -0.4 is 10.1 Å². The van der Waals surface area contributed by atoms with Crippen molar-refractivity contribution in [2.24, 2.45) is 0 Å². The molecule has 0 spiro atoms. The third-order valence-electron chi connectivity index (χ3n) is 4.04. The molecule has 2 aromatic rings. The number of nitrogens with one attached hydrogen (secondary N) is 1. The molecule has 1 saturated carbocycles. The highest BCUT2D eigenvalue weighted by atomic mass is 35.5. The summed E-state index contributed by atoms with van der Waals surface area (Å²) >= 11 is 0. The fourth-order valence-corrected chi connectivity index (χ4v) is 2.68. The molecule has 0 aliphatic heterocycles. The number of halogens is 4. The van der Waals surface area contributed by atoms with Crippen molar-refractivity contribution in [3.8, 4) is 16.9 Å². The molecule has 0 amide bonds. The Morgan fingerprint density at radius 3 is 2.17 bits per heavy atom. The molecule has 0 bridgehead atoms. The lowest BCUT2D eigenvalue weighted by atomic mass is 9.98. The number of rotatable bonds is 4. The van der Waals surface area contributed by atoms with Crippen molar-refractivity contribution in [1.82, 2.24) is 5.32 Å².